The van der Waals surface area contributed by atoms with Crippen molar-refractivity contribution in [2.75, 3.05) is 4.90 Å². The number of rotatable bonds is 6. The van der Waals surface area contributed by atoms with Gasteiger partial charge in [-0.1, -0.05) is 122 Å². The molecule has 0 N–H and O–H groups in total. The van der Waals surface area contributed by atoms with Gasteiger partial charge < -0.3 is 4.90 Å². The molecule has 0 saturated heterocycles. The van der Waals surface area contributed by atoms with Crippen LogP contribution in [0.1, 0.15) is 43.6 Å². The highest BCUT2D eigenvalue weighted by Crippen LogP contribution is 2.38. The van der Waals surface area contributed by atoms with Crippen LogP contribution in [0.4, 0.5) is 17.1 Å². The van der Waals surface area contributed by atoms with Crippen molar-refractivity contribution in [2.45, 2.75) is 38.0 Å². The van der Waals surface area contributed by atoms with E-state index in [4.69, 9.17) is 0 Å². The lowest BCUT2D eigenvalue weighted by Crippen LogP contribution is -2.10. The van der Waals surface area contributed by atoms with Gasteiger partial charge in [-0.2, -0.15) is 0 Å². The SMILES string of the molecule is c1ccc(N(c2ccc(-c3ccc4ccc(-c5ccc6ccccc6c5)cc4c3)cc2)c2ccc(C3CCCCC3)cc2)cc1. The predicted octanol–water partition coefficient (Wildman–Crippen LogP) is 12.8. The molecule has 0 radical (unpaired) electrons. The van der Waals surface area contributed by atoms with Gasteiger partial charge in [0, 0.05) is 17.1 Å². The molecule has 0 aliphatic heterocycles. The van der Waals surface area contributed by atoms with Crippen LogP contribution < -0.4 is 4.90 Å². The molecule has 1 fully saturated rings. The van der Waals surface area contributed by atoms with Crippen molar-refractivity contribution in [3.63, 3.8) is 0 Å². The second kappa shape index (κ2) is 12.1. The Kier molecular flexibility index (Phi) is 7.37. The molecule has 1 aliphatic rings. The van der Waals surface area contributed by atoms with Gasteiger partial charge in [-0.25, -0.2) is 0 Å². The van der Waals surface area contributed by atoms with Gasteiger partial charge in [0.05, 0.1) is 0 Å². The summed E-state index contributed by atoms with van der Waals surface area (Å²) in [6.07, 6.45) is 6.75. The second-order valence-corrected chi connectivity index (χ2v) is 12.5. The Morgan fingerprint density at radius 1 is 0.356 bits per heavy atom. The summed E-state index contributed by atoms with van der Waals surface area (Å²) in [5.74, 6) is 0.711. The number of nitrogens with zero attached hydrogens (tertiary/aromatic N) is 1. The third kappa shape index (κ3) is 5.63. The van der Waals surface area contributed by atoms with E-state index in [1.807, 2.05) is 0 Å². The van der Waals surface area contributed by atoms with Gasteiger partial charge in [0.1, 0.15) is 0 Å². The maximum atomic E-state index is 2.37. The zero-order chi connectivity index (χ0) is 30.0. The van der Waals surface area contributed by atoms with Crippen LogP contribution in [0.15, 0.2) is 158 Å². The fourth-order valence-electron chi connectivity index (χ4n) is 7.13. The molecule has 0 amide bonds. The second-order valence-electron chi connectivity index (χ2n) is 12.5. The zero-order valence-corrected chi connectivity index (χ0v) is 25.6. The highest BCUT2D eigenvalue weighted by molar-refractivity contribution is 5.93. The van der Waals surface area contributed by atoms with E-state index in [0.29, 0.717) is 5.92 Å². The summed E-state index contributed by atoms with van der Waals surface area (Å²) in [6.45, 7) is 0. The molecule has 1 heteroatoms. The lowest BCUT2D eigenvalue weighted by Gasteiger charge is -2.27. The minimum absolute atomic E-state index is 0.711. The molecule has 218 valence electrons. The standard InChI is InChI=1S/C44H37N/c1-3-9-32(10-4-1)34-21-25-43(26-22-34)45(42-13-5-2-6-14-42)44-27-23-35(24-28-44)38-18-16-36-17-20-40(31-41(36)30-38)39-19-15-33-11-7-8-12-37(33)29-39/h2,5-8,11-32H,1,3-4,9-10H2. The number of para-hydroxylation sites is 1. The summed E-state index contributed by atoms with van der Waals surface area (Å²) in [4.78, 5) is 2.37. The van der Waals surface area contributed by atoms with Crippen LogP contribution in [0.25, 0.3) is 43.8 Å². The first-order valence-corrected chi connectivity index (χ1v) is 16.4. The third-order valence-corrected chi connectivity index (χ3v) is 9.62. The predicted molar refractivity (Wildman–Crippen MR) is 193 cm³/mol. The van der Waals surface area contributed by atoms with Crippen molar-refractivity contribution >= 4 is 38.6 Å². The van der Waals surface area contributed by atoms with Crippen molar-refractivity contribution < 1.29 is 0 Å². The number of fused-ring (bicyclic) bond motifs is 2. The summed E-state index contributed by atoms with van der Waals surface area (Å²) in [5, 5.41) is 5.06. The van der Waals surface area contributed by atoms with Crippen LogP contribution in [-0.4, -0.2) is 0 Å². The molecule has 7 aromatic rings. The van der Waals surface area contributed by atoms with Crippen LogP contribution in [0.3, 0.4) is 0 Å². The van der Waals surface area contributed by atoms with Gasteiger partial charge in [-0.3, -0.25) is 0 Å². The molecule has 1 saturated carbocycles. The smallest absolute Gasteiger partial charge is 0.0462 e. The first-order valence-electron chi connectivity index (χ1n) is 16.4. The Morgan fingerprint density at radius 3 is 1.47 bits per heavy atom. The normalized spacial score (nSPS) is 13.7. The summed E-state index contributed by atoms with van der Waals surface area (Å²) in [5.41, 5.74) is 9.96. The van der Waals surface area contributed by atoms with E-state index in [9.17, 15) is 0 Å². The highest BCUT2D eigenvalue weighted by Gasteiger charge is 2.17. The average Bonchev–Trinajstić information content (AvgIpc) is 3.12. The van der Waals surface area contributed by atoms with E-state index in [1.54, 1.807) is 0 Å². The van der Waals surface area contributed by atoms with E-state index < -0.39 is 0 Å². The first-order chi connectivity index (χ1) is 22.3. The molecule has 0 unspecified atom stereocenters. The molecule has 0 heterocycles. The summed E-state index contributed by atoms with van der Waals surface area (Å²) in [6, 6.07) is 58.0. The summed E-state index contributed by atoms with van der Waals surface area (Å²) >= 11 is 0. The maximum absolute atomic E-state index is 2.37. The summed E-state index contributed by atoms with van der Waals surface area (Å²) in [7, 11) is 0. The number of hydrogen-bond acceptors (Lipinski definition) is 1. The molecule has 8 rings (SSSR count). The average molecular weight is 580 g/mol. The lowest BCUT2D eigenvalue weighted by molar-refractivity contribution is 0.443. The topological polar surface area (TPSA) is 3.24 Å². The molecule has 0 atom stereocenters. The number of anilines is 3. The summed E-state index contributed by atoms with van der Waals surface area (Å²) < 4.78 is 0. The van der Waals surface area contributed by atoms with Crippen molar-refractivity contribution in [1.82, 2.24) is 0 Å². The van der Waals surface area contributed by atoms with Crippen LogP contribution >= 0.6 is 0 Å². The Hall–Kier alpha value is -5.14. The maximum Gasteiger partial charge on any atom is 0.0462 e. The zero-order valence-electron chi connectivity index (χ0n) is 25.6. The Morgan fingerprint density at radius 2 is 0.822 bits per heavy atom. The molecule has 45 heavy (non-hydrogen) atoms. The van der Waals surface area contributed by atoms with Gasteiger partial charge in [0.25, 0.3) is 0 Å². The molecule has 0 aromatic heterocycles. The van der Waals surface area contributed by atoms with Gasteiger partial charge >= 0.3 is 0 Å². The van der Waals surface area contributed by atoms with E-state index in [2.05, 4.69) is 163 Å². The van der Waals surface area contributed by atoms with E-state index >= 15 is 0 Å². The van der Waals surface area contributed by atoms with Gasteiger partial charge in [0.2, 0.25) is 0 Å². The van der Waals surface area contributed by atoms with Crippen LogP contribution in [0.2, 0.25) is 0 Å². The van der Waals surface area contributed by atoms with E-state index in [0.717, 1.165) is 5.69 Å². The van der Waals surface area contributed by atoms with Crippen LogP contribution in [-0.2, 0) is 0 Å². The Bertz CT molecular complexity index is 2070. The molecular formula is C44H37N. The quantitative estimate of drug-likeness (QED) is 0.189. The van der Waals surface area contributed by atoms with E-state index in [1.165, 1.54) is 92.8 Å². The van der Waals surface area contributed by atoms with E-state index in [-0.39, 0.29) is 0 Å². The number of benzene rings is 7. The van der Waals surface area contributed by atoms with Crippen molar-refractivity contribution in [2.24, 2.45) is 0 Å². The molecular weight excluding hydrogens is 542 g/mol. The number of hydrogen-bond donors (Lipinski definition) is 0. The Balaban J connectivity index is 1.10. The van der Waals surface area contributed by atoms with Gasteiger partial charge in [-0.05, 0) is 123 Å². The fourth-order valence-corrected chi connectivity index (χ4v) is 7.13. The molecule has 1 aliphatic carbocycles. The fraction of sp³-hybridized carbons (Fsp3) is 0.136. The van der Waals surface area contributed by atoms with Crippen molar-refractivity contribution in [1.29, 1.82) is 0 Å². The lowest BCUT2D eigenvalue weighted by atomic mass is 9.84. The minimum Gasteiger partial charge on any atom is -0.311 e. The first kappa shape index (κ1) is 27.4. The largest absolute Gasteiger partial charge is 0.311 e. The van der Waals surface area contributed by atoms with Crippen molar-refractivity contribution in [3.8, 4) is 22.3 Å². The van der Waals surface area contributed by atoms with Gasteiger partial charge in [-0.15, -0.1) is 0 Å². The molecule has 0 bridgehead atoms. The molecule has 0 spiro atoms. The Labute approximate surface area is 266 Å². The molecule has 1 nitrogen and oxygen atoms in total. The van der Waals surface area contributed by atoms with Gasteiger partial charge in [0.15, 0.2) is 0 Å². The van der Waals surface area contributed by atoms with Crippen LogP contribution in [0, 0.1) is 0 Å². The van der Waals surface area contributed by atoms with Crippen molar-refractivity contribution in [3.05, 3.63) is 163 Å². The minimum atomic E-state index is 0.711. The third-order valence-electron chi connectivity index (χ3n) is 9.62. The monoisotopic (exact) mass is 579 g/mol. The highest BCUT2D eigenvalue weighted by atomic mass is 15.1. The molecule has 7 aromatic carbocycles. The van der Waals surface area contributed by atoms with Crippen LogP contribution in [0.5, 0.6) is 0 Å².